The van der Waals surface area contributed by atoms with Gasteiger partial charge in [0, 0.05) is 18.3 Å². The van der Waals surface area contributed by atoms with Gasteiger partial charge in [-0.25, -0.2) is 0 Å². The molecule has 1 aromatic rings. The highest BCUT2D eigenvalue weighted by atomic mass is 35.5. The molecule has 3 heteroatoms. The summed E-state index contributed by atoms with van der Waals surface area (Å²) < 4.78 is 0. The Morgan fingerprint density at radius 1 is 1.28 bits per heavy atom. The number of carbonyl (C=O) groups excluding carboxylic acids is 1. The van der Waals surface area contributed by atoms with Crippen LogP contribution in [0.3, 0.4) is 0 Å². The number of halogens is 1. The Hall–Kier alpha value is -1.02. The number of hydrogen-bond donors (Lipinski definition) is 1. The predicted octanol–water partition coefficient (Wildman–Crippen LogP) is 3.09. The highest BCUT2D eigenvalue weighted by Gasteiger charge is 2.56. The Kier molecular flexibility index (Phi) is 3.29. The number of hydrogen-bond acceptors (Lipinski definition) is 1. The fourth-order valence-electron chi connectivity index (χ4n) is 3.34. The molecular formula is C15H18ClNO. The van der Waals surface area contributed by atoms with E-state index in [1.54, 1.807) is 0 Å². The van der Waals surface area contributed by atoms with E-state index in [0.717, 1.165) is 11.1 Å². The van der Waals surface area contributed by atoms with Gasteiger partial charge in [-0.3, -0.25) is 4.79 Å². The Balaban J connectivity index is 1.53. The molecule has 0 bridgehead atoms. The van der Waals surface area contributed by atoms with Gasteiger partial charge in [-0.1, -0.05) is 30.7 Å². The number of rotatable bonds is 4. The van der Waals surface area contributed by atoms with Crippen molar-refractivity contribution in [1.29, 1.82) is 0 Å². The van der Waals surface area contributed by atoms with Gasteiger partial charge in [-0.2, -0.15) is 0 Å². The van der Waals surface area contributed by atoms with Gasteiger partial charge in [0.05, 0.1) is 0 Å². The molecular weight excluding hydrogens is 246 g/mol. The third-order valence-corrected chi connectivity index (χ3v) is 4.63. The van der Waals surface area contributed by atoms with Crippen molar-refractivity contribution in [3.8, 4) is 0 Å². The van der Waals surface area contributed by atoms with Gasteiger partial charge in [-0.15, -0.1) is 11.6 Å². The van der Waals surface area contributed by atoms with Crippen LogP contribution in [0.15, 0.2) is 24.3 Å². The average Bonchev–Trinajstić information content (AvgIpc) is 2.89. The number of fused-ring (bicyclic) bond motifs is 1. The minimum absolute atomic E-state index is 0.251. The van der Waals surface area contributed by atoms with E-state index in [-0.39, 0.29) is 5.91 Å². The smallest absolute Gasteiger partial charge is 0.223 e. The van der Waals surface area contributed by atoms with Crippen LogP contribution in [0.4, 0.5) is 0 Å². The van der Waals surface area contributed by atoms with Crippen molar-refractivity contribution in [2.75, 3.05) is 0 Å². The summed E-state index contributed by atoms with van der Waals surface area (Å²) in [5.41, 5.74) is 2.24. The topological polar surface area (TPSA) is 29.1 Å². The summed E-state index contributed by atoms with van der Waals surface area (Å²) >= 11 is 5.80. The van der Waals surface area contributed by atoms with E-state index in [9.17, 15) is 4.79 Å². The molecule has 2 fully saturated rings. The molecule has 2 saturated carbocycles. The van der Waals surface area contributed by atoms with Crippen molar-refractivity contribution in [2.45, 2.75) is 31.7 Å². The second-order valence-electron chi connectivity index (χ2n) is 5.46. The van der Waals surface area contributed by atoms with Gasteiger partial charge in [0.15, 0.2) is 0 Å². The zero-order chi connectivity index (χ0) is 12.5. The van der Waals surface area contributed by atoms with Crippen molar-refractivity contribution in [2.24, 2.45) is 17.8 Å². The molecule has 1 N–H and O–H groups in total. The van der Waals surface area contributed by atoms with Crippen molar-refractivity contribution in [3.05, 3.63) is 35.4 Å². The predicted molar refractivity (Wildman–Crippen MR) is 72.2 cm³/mol. The van der Waals surface area contributed by atoms with E-state index in [1.165, 1.54) is 19.3 Å². The maximum atomic E-state index is 12.0. The van der Waals surface area contributed by atoms with E-state index in [4.69, 9.17) is 11.6 Å². The first-order valence-corrected chi connectivity index (χ1v) is 7.24. The fourth-order valence-corrected chi connectivity index (χ4v) is 3.51. The Morgan fingerprint density at radius 2 is 2.00 bits per heavy atom. The molecule has 2 atom stereocenters. The summed E-state index contributed by atoms with van der Waals surface area (Å²) in [6, 6.07) is 8.08. The number of nitrogens with one attached hydrogen (secondary N) is 1. The second kappa shape index (κ2) is 4.93. The number of carbonyl (C=O) groups is 1. The fraction of sp³-hybridized carbons (Fsp3) is 0.533. The van der Waals surface area contributed by atoms with Crippen molar-refractivity contribution in [1.82, 2.24) is 5.32 Å². The molecule has 2 aliphatic rings. The van der Waals surface area contributed by atoms with E-state index < -0.39 is 0 Å². The van der Waals surface area contributed by atoms with Crippen LogP contribution in [-0.4, -0.2) is 5.91 Å². The minimum atomic E-state index is 0.251. The zero-order valence-electron chi connectivity index (χ0n) is 10.4. The molecule has 0 saturated heterocycles. The number of alkyl halides is 1. The molecule has 0 aromatic heterocycles. The first-order valence-electron chi connectivity index (χ1n) is 6.71. The van der Waals surface area contributed by atoms with Crippen LogP contribution < -0.4 is 5.32 Å². The number of amides is 1. The summed E-state index contributed by atoms with van der Waals surface area (Å²) in [6.45, 7) is 0.625. The third-order valence-electron chi connectivity index (χ3n) is 4.32. The van der Waals surface area contributed by atoms with Gasteiger partial charge in [-0.05, 0) is 35.8 Å². The quantitative estimate of drug-likeness (QED) is 0.831. The molecule has 1 aromatic carbocycles. The first kappa shape index (κ1) is 12.0. The molecule has 0 aliphatic heterocycles. The average molecular weight is 264 g/mol. The Labute approximate surface area is 113 Å². The Morgan fingerprint density at radius 3 is 2.72 bits per heavy atom. The van der Waals surface area contributed by atoms with Crippen molar-refractivity contribution < 1.29 is 4.79 Å². The lowest BCUT2D eigenvalue weighted by Gasteiger charge is -2.07. The first-order chi connectivity index (χ1) is 8.79. The summed E-state index contributed by atoms with van der Waals surface area (Å²) in [6.07, 6.45) is 3.83. The summed E-state index contributed by atoms with van der Waals surface area (Å²) in [5.74, 6) is 2.48. The number of benzene rings is 1. The van der Waals surface area contributed by atoms with E-state index in [0.29, 0.717) is 30.2 Å². The van der Waals surface area contributed by atoms with Gasteiger partial charge in [0.25, 0.3) is 0 Å². The van der Waals surface area contributed by atoms with Crippen molar-refractivity contribution in [3.63, 3.8) is 0 Å². The molecule has 0 heterocycles. The van der Waals surface area contributed by atoms with Crippen LogP contribution in [0, 0.1) is 17.8 Å². The van der Waals surface area contributed by atoms with Crippen LogP contribution in [0.25, 0.3) is 0 Å². The molecule has 1 amide bonds. The minimum Gasteiger partial charge on any atom is -0.352 e. The standard InChI is InChI=1S/C15H18ClNO/c16-8-10-3-1-4-11(7-10)9-17-15(18)14-12-5-2-6-13(12)14/h1,3-4,7,12-14H,2,5-6,8-9H2,(H,17,18). The maximum absolute atomic E-state index is 12.0. The van der Waals surface area contributed by atoms with E-state index >= 15 is 0 Å². The maximum Gasteiger partial charge on any atom is 0.223 e. The molecule has 2 nitrogen and oxygen atoms in total. The summed E-state index contributed by atoms with van der Waals surface area (Å²) in [5, 5.41) is 3.06. The van der Waals surface area contributed by atoms with Crippen LogP contribution in [-0.2, 0) is 17.2 Å². The summed E-state index contributed by atoms with van der Waals surface area (Å²) in [4.78, 5) is 12.0. The molecule has 0 radical (unpaired) electrons. The summed E-state index contributed by atoms with van der Waals surface area (Å²) in [7, 11) is 0. The third kappa shape index (κ3) is 2.26. The van der Waals surface area contributed by atoms with Crippen LogP contribution in [0.1, 0.15) is 30.4 Å². The zero-order valence-corrected chi connectivity index (χ0v) is 11.1. The van der Waals surface area contributed by atoms with Gasteiger partial charge < -0.3 is 5.32 Å². The van der Waals surface area contributed by atoms with Crippen LogP contribution in [0.5, 0.6) is 0 Å². The van der Waals surface area contributed by atoms with Crippen LogP contribution >= 0.6 is 11.6 Å². The largest absolute Gasteiger partial charge is 0.352 e. The normalized spacial score (nSPS) is 28.8. The molecule has 96 valence electrons. The van der Waals surface area contributed by atoms with E-state index in [1.807, 2.05) is 18.2 Å². The van der Waals surface area contributed by atoms with Gasteiger partial charge in [0.1, 0.15) is 0 Å². The van der Waals surface area contributed by atoms with Crippen molar-refractivity contribution >= 4 is 17.5 Å². The molecule has 2 aliphatic carbocycles. The van der Waals surface area contributed by atoms with Crippen LogP contribution in [0.2, 0.25) is 0 Å². The highest BCUT2D eigenvalue weighted by molar-refractivity contribution is 6.17. The molecule has 0 spiro atoms. The monoisotopic (exact) mass is 263 g/mol. The van der Waals surface area contributed by atoms with E-state index in [2.05, 4.69) is 11.4 Å². The van der Waals surface area contributed by atoms with Gasteiger partial charge >= 0.3 is 0 Å². The van der Waals surface area contributed by atoms with Gasteiger partial charge in [0.2, 0.25) is 5.91 Å². The molecule has 2 unspecified atom stereocenters. The molecule has 18 heavy (non-hydrogen) atoms. The lowest BCUT2D eigenvalue weighted by Crippen LogP contribution is -2.26. The molecule has 3 rings (SSSR count). The second-order valence-corrected chi connectivity index (χ2v) is 5.72. The highest BCUT2D eigenvalue weighted by Crippen LogP contribution is 2.57. The SMILES string of the molecule is O=C(NCc1cccc(CCl)c1)C1C2CCCC21. The lowest BCUT2D eigenvalue weighted by molar-refractivity contribution is -0.123. The Bertz CT molecular complexity index is 450. The lowest BCUT2D eigenvalue weighted by atomic mass is 10.1.